The number of hydrogen-bond donors (Lipinski definition) is 1. The summed E-state index contributed by atoms with van der Waals surface area (Å²) in [4.78, 5) is 0. The number of rotatable bonds is 3. The van der Waals surface area contributed by atoms with Crippen molar-refractivity contribution in [1.82, 2.24) is 0 Å². The van der Waals surface area contributed by atoms with Crippen LogP contribution in [0.5, 0.6) is 0 Å². The van der Waals surface area contributed by atoms with E-state index >= 15 is 0 Å². The van der Waals surface area contributed by atoms with Gasteiger partial charge >= 0.3 is 0 Å². The molecule has 0 amide bonds. The molecule has 0 spiro atoms. The molecule has 1 nitrogen and oxygen atoms in total. The Kier molecular flexibility index (Phi) is 2.78. The molecule has 1 heteroatoms. The molecule has 2 aliphatic carbocycles. The fraction of sp³-hybridized carbons (Fsp3) is 0.733. The van der Waals surface area contributed by atoms with E-state index in [1.54, 1.807) is 11.6 Å². The van der Waals surface area contributed by atoms with Crippen molar-refractivity contribution in [3.05, 3.63) is 24.3 Å². The molecular formula is C15H24O. The Morgan fingerprint density at radius 3 is 2.62 bits per heavy atom. The zero-order valence-electron chi connectivity index (χ0n) is 10.8. The van der Waals surface area contributed by atoms with E-state index in [4.69, 9.17) is 0 Å². The van der Waals surface area contributed by atoms with E-state index in [9.17, 15) is 5.11 Å². The van der Waals surface area contributed by atoms with Crippen molar-refractivity contribution in [2.45, 2.75) is 52.6 Å². The lowest BCUT2D eigenvalue weighted by atomic mass is 9.69. The summed E-state index contributed by atoms with van der Waals surface area (Å²) in [5, 5.41) is 9.54. The van der Waals surface area contributed by atoms with Gasteiger partial charge in [-0.05, 0) is 42.4 Å². The van der Waals surface area contributed by atoms with E-state index in [1.165, 1.54) is 19.3 Å². The average Bonchev–Trinajstić information content (AvgIpc) is 2.58. The summed E-state index contributed by atoms with van der Waals surface area (Å²) in [6.45, 7) is 10.9. The van der Waals surface area contributed by atoms with Gasteiger partial charge in [0.2, 0.25) is 0 Å². The summed E-state index contributed by atoms with van der Waals surface area (Å²) in [7, 11) is 0. The quantitative estimate of drug-likeness (QED) is 0.719. The molecule has 2 saturated carbocycles. The van der Waals surface area contributed by atoms with Crippen LogP contribution in [0, 0.1) is 16.7 Å². The number of aliphatic hydroxyl groups is 1. The first-order chi connectivity index (χ1) is 7.41. The van der Waals surface area contributed by atoms with Crippen LogP contribution >= 0.6 is 0 Å². The minimum absolute atomic E-state index is 0.374. The monoisotopic (exact) mass is 220 g/mol. The minimum atomic E-state index is -0.377. The predicted molar refractivity (Wildman–Crippen MR) is 68.1 cm³/mol. The Bertz CT molecular complexity index is 326. The van der Waals surface area contributed by atoms with Gasteiger partial charge in [-0.25, -0.2) is 0 Å². The van der Waals surface area contributed by atoms with Crippen LogP contribution < -0.4 is 0 Å². The lowest BCUT2D eigenvalue weighted by molar-refractivity contribution is 0.178. The van der Waals surface area contributed by atoms with Crippen LogP contribution in [0.15, 0.2) is 24.3 Å². The summed E-state index contributed by atoms with van der Waals surface area (Å²) in [6.07, 6.45) is 8.19. The van der Waals surface area contributed by atoms with Gasteiger partial charge in [-0.15, -0.1) is 6.58 Å². The first-order valence-corrected chi connectivity index (χ1v) is 6.42. The molecule has 0 heterocycles. The zero-order chi connectivity index (χ0) is 12.0. The number of fused-ring (bicyclic) bond motifs is 2. The molecule has 90 valence electrons. The average molecular weight is 220 g/mol. The molecule has 1 N–H and O–H groups in total. The second-order valence-electron chi connectivity index (χ2n) is 6.26. The van der Waals surface area contributed by atoms with E-state index < -0.39 is 0 Å². The van der Waals surface area contributed by atoms with Crippen molar-refractivity contribution in [2.75, 3.05) is 0 Å². The van der Waals surface area contributed by atoms with Gasteiger partial charge in [0, 0.05) is 0 Å². The van der Waals surface area contributed by atoms with Crippen LogP contribution in [0.25, 0.3) is 0 Å². The van der Waals surface area contributed by atoms with E-state index in [2.05, 4.69) is 33.4 Å². The van der Waals surface area contributed by atoms with Crippen LogP contribution in [-0.2, 0) is 0 Å². The van der Waals surface area contributed by atoms with Crippen LogP contribution in [0.4, 0.5) is 0 Å². The van der Waals surface area contributed by atoms with Gasteiger partial charge in [-0.2, -0.15) is 0 Å². The lowest BCUT2D eigenvalue weighted by Crippen LogP contribution is -2.28. The van der Waals surface area contributed by atoms with Gasteiger partial charge in [0.15, 0.2) is 0 Å². The highest BCUT2D eigenvalue weighted by atomic mass is 16.3. The van der Waals surface area contributed by atoms with Crippen LogP contribution in [0.2, 0.25) is 0 Å². The van der Waals surface area contributed by atoms with Gasteiger partial charge in [0.25, 0.3) is 0 Å². The van der Waals surface area contributed by atoms with Crippen LogP contribution in [-0.4, -0.2) is 11.2 Å². The largest absolute Gasteiger partial charge is 0.389 e. The molecule has 0 aliphatic heterocycles. The van der Waals surface area contributed by atoms with Crippen molar-refractivity contribution < 1.29 is 5.11 Å². The molecular weight excluding hydrogens is 196 g/mol. The predicted octanol–water partition coefficient (Wildman–Crippen LogP) is 3.70. The van der Waals surface area contributed by atoms with E-state index in [-0.39, 0.29) is 6.10 Å². The van der Waals surface area contributed by atoms with E-state index in [0.717, 1.165) is 12.3 Å². The van der Waals surface area contributed by atoms with Crippen molar-refractivity contribution in [3.63, 3.8) is 0 Å². The Morgan fingerprint density at radius 2 is 2.19 bits per heavy atom. The summed E-state index contributed by atoms with van der Waals surface area (Å²) >= 11 is 0. The molecule has 0 aromatic heterocycles. The van der Waals surface area contributed by atoms with Gasteiger partial charge in [-0.3, -0.25) is 0 Å². The summed E-state index contributed by atoms with van der Waals surface area (Å²) < 4.78 is 0. The second kappa shape index (κ2) is 3.73. The molecule has 0 saturated heterocycles. The topological polar surface area (TPSA) is 20.2 Å². The van der Waals surface area contributed by atoms with E-state index in [1.807, 2.05) is 0 Å². The number of allylic oxidation sites excluding steroid dienone is 1. The molecule has 3 atom stereocenters. The van der Waals surface area contributed by atoms with Crippen molar-refractivity contribution in [1.29, 1.82) is 0 Å². The van der Waals surface area contributed by atoms with E-state index in [0.29, 0.717) is 10.8 Å². The first-order valence-electron chi connectivity index (χ1n) is 6.42. The molecule has 2 aliphatic rings. The molecule has 0 radical (unpaired) electrons. The van der Waals surface area contributed by atoms with Gasteiger partial charge in [0.05, 0.1) is 6.10 Å². The maximum Gasteiger partial charge on any atom is 0.0752 e. The smallest absolute Gasteiger partial charge is 0.0752 e. The zero-order valence-corrected chi connectivity index (χ0v) is 10.8. The van der Waals surface area contributed by atoms with Crippen molar-refractivity contribution in [3.8, 4) is 0 Å². The highest BCUT2D eigenvalue weighted by Gasteiger charge is 2.58. The molecule has 2 rings (SSSR count). The van der Waals surface area contributed by atoms with Crippen molar-refractivity contribution >= 4 is 0 Å². The molecule has 16 heavy (non-hydrogen) atoms. The van der Waals surface area contributed by atoms with Crippen molar-refractivity contribution in [2.24, 2.45) is 16.7 Å². The van der Waals surface area contributed by atoms with Gasteiger partial charge < -0.3 is 5.11 Å². The van der Waals surface area contributed by atoms with Crippen LogP contribution in [0.3, 0.4) is 0 Å². The normalized spacial score (nSPS) is 40.2. The highest BCUT2D eigenvalue weighted by molar-refractivity contribution is 5.29. The molecule has 2 fully saturated rings. The summed E-state index contributed by atoms with van der Waals surface area (Å²) in [5.74, 6) is 0.852. The number of hydrogen-bond acceptors (Lipinski definition) is 1. The summed E-state index contributed by atoms with van der Waals surface area (Å²) in [6, 6.07) is 0. The third-order valence-corrected chi connectivity index (χ3v) is 5.49. The Morgan fingerprint density at radius 1 is 1.50 bits per heavy atom. The third-order valence-electron chi connectivity index (χ3n) is 5.49. The first kappa shape index (κ1) is 11.9. The SMILES string of the molecule is C=CC(O)C/C=C1\C[C@H]2CC[C@]1(C)C2(C)C. The Labute approximate surface area is 99.3 Å². The Hall–Kier alpha value is -0.560. The second-order valence-corrected chi connectivity index (χ2v) is 6.26. The summed E-state index contributed by atoms with van der Waals surface area (Å²) in [5.41, 5.74) is 2.39. The minimum Gasteiger partial charge on any atom is -0.389 e. The maximum atomic E-state index is 9.54. The lowest BCUT2D eigenvalue weighted by Gasteiger charge is -2.35. The molecule has 1 unspecified atom stereocenters. The number of aliphatic hydroxyl groups excluding tert-OH is 1. The Balaban J connectivity index is 2.18. The molecule has 0 aromatic rings. The van der Waals surface area contributed by atoms with Gasteiger partial charge in [0.1, 0.15) is 0 Å². The fourth-order valence-corrected chi connectivity index (χ4v) is 3.69. The third kappa shape index (κ3) is 1.48. The maximum absolute atomic E-state index is 9.54. The standard InChI is InChI=1S/C15H24O/c1-5-13(16)7-6-12-10-11-8-9-15(12,4)14(11,2)3/h5-6,11,13,16H,1,7-10H2,2-4H3/b12-6+/t11-,13?,15+/m1/s1. The van der Waals surface area contributed by atoms with Crippen LogP contribution in [0.1, 0.15) is 46.5 Å². The fourth-order valence-electron chi connectivity index (χ4n) is 3.69. The van der Waals surface area contributed by atoms with Gasteiger partial charge in [-0.1, -0.05) is 38.5 Å². The molecule has 2 bridgehead atoms. The molecule has 0 aromatic carbocycles. The highest BCUT2D eigenvalue weighted by Crippen LogP contribution is 2.67.